The SMILES string of the molecule is Cc1c(Cc2cnn3c(Cl)cc(N4CCOCC4)nc23)cccc1C(F)(F)F. The van der Waals surface area contributed by atoms with Gasteiger partial charge in [0.15, 0.2) is 5.65 Å². The highest BCUT2D eigenvalue weighted by Gasteiger charge is 2.32. The van der Waals surface area contributed by atoms with Crippen LogP contribution >= 0.6 is 11.6 Å². The number of alkyl halides is 3. The Morgan fingerprint density at radius 2 is 1.93 bits per heavy atom. The highest BCUT2D eigenvalue weighted by atomic mass is 35.5. The molecule has 0 N–H and O–H groups in total. The van der Waals surface area contributed by atoms with Crippen LogP contribution in [0.15, 0.2) is 30.5 Å². The number of aromatic nitrogens is 3. The molecule has 5 nitrogen and oxygen atoms in total. The Morgan fingerprint density at radius 1 is 1.18 bits per heavy atom. The number of nitrogens with zero attached hydrogens (tertiary/aromatic N) is 4. The van der Waals surface area contributed by atoms with Crippen LogP contribution in [0.3, 0.4) is 0 Å². The van der Waals surface area contributed by atoms with Crippen molar-refractivity contribution in [2.75, 3.05) is 31.2 Å². The average Bonchev–Trinajstić information content (AvgIpc) is 3.06. The van der Waals surface area contributed by atoms with Gasteiger partial charge in [-0.15, -0.1) is 0 Å². The Kier molecular flexibility index (Phi) is 4.93. The third kappa shape index (κ3) is 3.54. The average molecular weight is 411 g/mol. The topological polar surface area (TPSA) is 42.7 Å². The molecule has 3 aromatic rings. The third-order valence-corrected chi connectivity index (χ3v) is 5.22. The van der Waals surface area contributed by atoms with Crippen LogP contribution in [-0.2, 0) is 17.3 Å². The van der Waals surface area contributed by atoms with E-state index in [0.717, 1.165) is 11.6 Å². The second kappa shape index (κ2) is 7.25. The van der Waals surface area contributed by atoms with Crippen LogP contribution in [0.5, 0.6) is 0 Å². The lowest BCUT2D eigenvalue weighted by molar-refractivity contribution is -0.138. The summed E-state index contributed by atoms with van der Waals surface area (Å²) < 4.78 is 46.5. The summed E-state index contributed by atoms with van der Waals surface area (Å²) in [5.41, 5.74) is 1.44. The number of morpholine rings is 1. The fourth-order valence-electron chi connectivity index (χ4n) is 3.43. The van der Waals surface area contributed by atoms with Gasteiger partial charge in [-0.25, -0.2) is 9.50 Å². The molecule has 0 amide bonds. The maximum Gasteiger partial charge on any atom is 0.416 e. The molecule has 0 aliphatic carbocycles. The Bertz CT molecular complexity index is 1010. The summed E-state index contributed by atoms with van der Waals surface area (Å²) in [6.07, 6.45) is -2.49. The maximum atomic E-state index is 13.2. The first kappa shape index (κ1) is 19.0. The van der Waals surface area contributed by atoms with Crippen molar-refractivity contribution < 1.29 is 17.9 Å². The molecule has 0 atom stereocenters. The Labute approximate surface area is 164 Å². The van der Waals surface area contributed by atoms with Gasteiger partial charge in [0.05, 0.1) is 25.0 Å². The molecule has 2 aromatic heterocycles. The van der Waals surface area contributed by atoms with E-state index in [4.69, 9.17) is 16.3 Å². The molecule has 0 unspecified atom stereocenters. The van der Waals surface area contributed by atoms with Gasteiger partial charge in [-0.1, -0.05) is 23.7 Å². The summed E-state index contributed by atoms with van der Waals surface area (Å²) in [4.78, 5) is 6.75. The van der Waals surface area contributed by atoms with E-state index in [0.29, 0.717) is 48.5 Å². The maximum absolute atomic E-state index is 13.2. The largest absolute Gasteiger partial charge is 0.416 e. The first-order valence-corrected chi connectivity index (χ1v) is 9.24. The lowest BCUT2D eigenvalue weighted by atomic mass is 9.97. The molecule has 9 heteroatoms. The zero-order valence-electron chi connectivity index (χ0n) is 15.1. The van der Waals surface area contributed by atoms with Gasteiger partial charge >= 0.3 is 6.18 Å². The van der Waals surface area contributed by atoms with Gasteiger partial charge in [-0.2, -0.15) is 18.3 Å². The zero-order chi connectivity index (χ0) is 19.9. The van der Waals surface area contributed by atoms with Crippen molar-refractivity contribution in [3.63, 3.8) is 0 Å². The number of halogens is 4. The molecule has 1 saturated heterocycles. The Balaban J connectivity index is 1.73. The molecule has 28 heavy (non-hydrogen) atoms. The molecule has 4 rings (SSSR count). The minimum Gasteiger partial charge on any atom is -0.378 e. The number of ether oxygens (including phenoxy) is 1. The molecule has 1 aliphatic rings. The molecule has 148 valence electrons. The smallest absolute Gasteiger partial charge is 0.378 e. The molecule has 0 radical (unpaired) electrons. The van der Waals surface area contributed by atoms with Crippen LogP contribution in [0.4, 0.5) is 19.0 Å². The van der Waals surface area contributed by atoms with Gasteiger partial charge in [0.1, 0.15) is 11.0 Å². The fraction of sp³-hybridized carbons (Fsp3) is 0.368. The number of fused-ring (bicyclic) bond motifs is 1. The van der Waals surface area contributed by atoms with E-state index in [1.54, 1.807) is 18.3 Å². The first-order valence-electron chi connectivity index (χ1n) is 8.86. The monoisotopic (exact) mass is 410 g/mol. The van der Waals surface area contributed by atoms with Crippen molar-refractivity contribution in [2.24, 2.45) is 0 Å². The minimum atomic E-state index is -4.38. The minimum absolute atomic E-state index is 0.213. The molecule has 0 bridgehead atoms. The van der Waals surface area contributed by atoms with E-state index in [1.165, 1.54) is 17.5 Å². The van der Waals surface area contributed by atoms with E-state index >= 15 is 0 Å². The van der Waals surface area contributed by atoms with Crippen molar-refractivity contribution in [3.05, 3.63) is 57.9 Å². The number of anilines is 1. The molecule has 0 spiro atoms. The second-order valence-corrected chi connectivity index (χ2v) is 7.09. The van der Waals surface area contributed by atoms with Crippen LogP contribution in [0, 0.1) is 6.92 Å². The number of benzene rings is 1. The quantitative estimate of drug-likeness (QED) is 0.609. The molecule has 3 heterocycles. The van der Waals surface area contributed by atoms with E-state index in [1.807, 2.05) is 0 Å². The van der Waals surface area contributed by atoms with Crippen molar-refractivity contribution in [1.29, 1.82) is 0 Å². The van der Waals surface area contributed by atoms with Gasteiger partial charge in [-0.3, -0.25) is 0 Å². The Hall–Kier alpha value is -2.32. The Morgan fingerprint density at radius 3 is 2.64 bits per heavy atom. The summed E-state index contributed by atoms with van der Waals surface area (Å²) in [5.74, 6) is 0.711. The summed E-state index contributed by atoms with van der Waals surface area (Å²) in [5, 5.41) is 4.66. The molecule has 1 aromatic carbocycles. The summed E-state index contributed by atoms with van der Waals surface area (Å²) in [6, 6.07) is 5.96. The van der Waals surface area contributed by atoms with Crippen LogP contribution in [0.2, 0.25) is 5.15 Å². The van der Waals surface area contributed by atoms with Crippen molar-refractivity contribution in [2.45, 2.75) is 19.5 Å². The lowest BCUT2D eigenvalue weighted by Gasteiger charge is -2.28. The van der Waals surface area contributed by atoms with Crippen molar-refractivity contribution in [3.8, 4) is 0 Å². The second-order valence-electron chi connectivity index (χ2n) is 6.71. The summed E-state index contributed by atoms with van der Waals surface area (Å²) >= 11 is 6.37. The van der Waals surface area contributed by atoms with Gasteiger partial charge in [0.2, 0.25) is 0 Å². The van der Waals surface area contributed by atoms with Crippen LogP contribution in [0.1, 0.15) is 22.3 Å². The fourth-order valence-corrected chi connectivity index (χ4v) is 3.65. The predicted molar refractivity (Wildman–Crippen MR) is 100 cm³/mol. The molecular weight excluding hydrogens is 393 g/mol. The highest BCUT2D eigenvalue weighted by Crippen LogP contribution is 2.34. The number of hydrogen-bond acceptors (Lipinski definition) is 4. The predicted octanol–water partition coefficient (Wildman–Crippen LogP) is 4.14. The number of rotatable bonds is 3. The van der Waals surface area contributed by atoms with Crippen molar-refractivity contribution >= 4 is 23.1 Å². The van der Waals surface area contributed by atoms with Crippen LogP contribution in [0.25, 0.3) is 5.65 Å². The molecular formula is C19H18ClF3N4O. The summed E-state index contributed by atoms with van der Waals surface area (Å²) in [6.45, 7) is 4.12. The van der Waals surface area contributed by atoms with Crippen LogP contribution in [-0.4, -0.2) is 40.9 Å². The summed E-state index contributed by atoms with van der Waals surface area (Å²) in [7, 11) is 0. The van der Waals surface area contributed by atoms with Crippen LogP contribution < -0.4 is 4.90 Å². The molecule has 1 aliphatic heterocycles. The van der Waals surface area contributed by atoms with Gasteiger partial charge in [-0.05, 0) is 24.1 Å². The zero-order valence-corrected chi connectivity index (χ0v) is 15.9. The third-order valence-electron chi connectivity index (χ3n) is 4.96. The van der Waals surface area contributed by atoms with E-state index in [2.05, 4.69) is 15.0 Å². The van der Waals surface area contributed by atoms with Gasteiger partial charge in [0.25, 0.3) is 0 Å². The number of hydrogen-bond donors (Lipinski definition) is 0. The van der Waals surface area contributed by atoms with E-state index in [9.17, 15) is 13.2 Å². The van der Waals surface area contributed by atoms with E-state index in [-0.39, 0.29) is 12.0 Å². The van der Waals surface area contributed by atoms with Gasteiger partial charge in [0, 0.05) is 31.1 Å². The standard InChI is InChI=1S/C19H18ClF3N4O/c1-12-13(3-2-4-15(12)19(21,22)23)9-14-11-24-27-16(20)10-17(25-18(14)27)26-5-7-28-8-6-26/h2-4,10-11H,5-9H2,1H3. The highest BCUT2D eigenvalue weighted by molar-refractivity contribution is 6.30. The lowest BCUT2D eigenvalue weighted by Crippen LogP contribution is -2.36. The molecule has 0 saturated carbocycles. The van der Waals surface area contributed by atoms with Gasteiger partial charge < -0.3 is 9.64 Å². The van der Waals surface area contributed by atoms with E-state index < -0.39 is 11.7 Å². The van der Waals surface area contributed by atoms with Crippen molar-refractivity contribution in [1.82, 2.24) is 14.6 Å². The molecule has 1 fully saturated rings. The normalized spacial score (nSPS) is 15.4. The first-order chi connectivity index (χ1) is 13.3.